The molecule has 2 aliphatic rings. The Balaban J connectivity index is 1.62. The Morgan fingerprint density at radius 3 is 2.48 bits per heavy atom. The van der Waals surface area contributed by atoms with Gasteiger partial charge in [-0.25, -0.2) is 0 Å². The summed E-state index contributed by atoms with van der Waals surface area (Å²) in [5, 5.41) is 49.2. The van der Waals surface area contributed by atoms with E-state index >= 15 is 0 Å². The second kappa shape index (κ2) is 7.81. The maximum atomic E-state index is 10.2. The zero-order valence-electron chi connectivity index (χ0n) is 15.9. The SMILES string of the molecule is COc1cc(O)cc2c1-c1ccc(O[C@@H]3O[C@H](CO)[C@@H](O)[C@H](O)[C@H]3O)cc1CC2. The van der Waals surface area contributed by atoms with Crippen LogP contribution in [0.2, 0.25) is 0 Å². The van der Waals surface area contributed by atoms with Crippen molar-refractivity contribution in [3.8, 4) is 28.4 Å². The molecule has 2 aromatic rings. The summed E-state index contributed by atoms with van der Waals surface area (Å²) in [6, 6.07) is 8.71. The van der Waals surface area contributed by atoms with Crippen molar-refractivity contribution >= 4 is 0 Å². The summed E-state index contributed by atoms with van der Waals surface area (Å²) in [4.78, 5) is 0. The van der Waals surface area contributed by atoms with Crippen LogP contribution in [0, 0.1) is 0 Å². The molecule has 1 saturated heterocycles. The Hall–Kier alpha value is -2.36. The number of rotatable bonds is 4. The van der Waals surface area contributed by atoms with Gasteiger partial charge in [0.15, 0.2) is 0 Å². The van der Waals surface area contributed by atoms with Gasteiger partial charge in [0.2, 0.25) is 6.29 Å². The molecule has 156 valence electrons. The first-order valence-corrected chi connectivity index (χ1v) is 9.43. The molecule has 0 radical (unpaired) electrons. The molecule has 0 bridgehead atoms. The van der Waals surface area contributed by atoms with Gasteiger partial charge in [-0.1, -0.05) is 6.07 Å². The van der Waals surface area contributed by atoms with Crippen molar-refractivity contribution in [3.63, 3.8) is 0 Å². The van der Waals surface area contributed by atoms with Crippen LogP contribution in [0.25, 0.3) is 11.1 Å². The van der Waals surface area contributed by atoms with Gasteiger partial charge in [0, 0.05) is 11.6 Å². The molecule has 1 fully saturated rings. The van der Waals surface area contributed by atoms with Gasteiger partial charge in [-0.2, -0.15) is 0 Å². The van der Waals surface area contributed by atoms with Gasteiger partial charge in [-0.05, 0) is 47.7 Å². The number of methoxy groups -OCH3 is 1. The van der Waals surface area contributed by atoms with Crippen molar-refractivity contribution in [3.05, 3.63) is 41.5 Å². The van der Waals surface area contributed by atoms with Gasteiger partial charge in [-0.3, -0.25) is 0 Å². The van der Waals surface area contributed by atoms with E-state index in [1.165, 1.54) is 0 Å². The Bertz CT molecular complexity index is 879. The molecular formula is C21H24O8. The summed E-state index contributed by atoms with van der Waals surface area (Å²) in [5.41, 5.74) is 3.88. The van der Waals surface area contributed by atoms with E-state index in [0.717, 1.165) is 35.1 Å². The molecule has 5 atom stereocenters. The Kier molecular flexibility index (Phi) is 5.37. The van der Waals surface area contributed by atoms with Crippen molar-refractivity contribution in [2.45, 2.75) is 43.5 Å². The maximum Gasteiger partial charge on any atom is 0.229 e. The van der Waals surface area contributed by atoms with Crippen LogP contribution in [-0.4, -0.2) is 70.0 Å². The van der Waals surface area contributed by atoms with Crippen molar-refractivity contribution in [2.24, 2.45) is 0 Å². The lowest BCUT2D eigenvalue weighted by atomic mass is 9.85. The normalized spacial score (nSPS) is 28.4. The fourth-order valence-corrected chi connectivity index (χ4v) is 3.98. The summed E-state index contributed by atoms with van der Waals surface area (Å²) >= 11 is 0. The molecule has 29 heavy (non-hydrogen) atoms. The van der Waals surface area contributed by atoms with Crippen LogP contribution < -0.4 is 9.47 Å². The van der Waals surface area contributed by atoms with Crippen LogP contribution >= 0.6 is 0 Å². The first kappa shape index (κ1) is 19.9. The van der Waals surface area contributed by atoms with E-state index in [1.807, 2.05) is 12.1 Å². The number of aryl methyl sites for hydroxylation is 2. The first-order valence-electron chi connectivity index (χ1n) is 9.43. The molecule has 8 nitrogen and oxygen atoms in total. The van der Waals surface area contributed by atoms with Crippen LogP contribution in [0.15, 0.2) is 30.3 Å². The van der Waals surface area contributed by atoms with Crippen LogP contribution in [-0.2, 0) is 17.6 Å². The van der Waals surface area contributed by atoms with Crippen molar-refractivity contribution < 1.29 is 39.7 Å². The maximum absolute atomic E-state index is 10.2. The number of hydrogen-bond donors (Lipinski definition) is 5. The van der Waals surface area contributed by atoms with E-state index in [9.17, 15) is 25.5 Å². The number of aliphatic hydroxyl groups is 4. The molecule has 1 aliphatic heterocycles. The van der Waals surface area contributed by atoms with Gasteiger partial charge in [-0.15, -0.1) is 0 Å². The average molecular weight is 404 g/mol. The van der Waals surface area contributed by atoms with Crippen LogP contribution in [0.5, 0.6) is 17.2 Å². The molecule has 0 saturated carbocycles. The standard InChI is InChI=1S/C21H24O8/c1-27-15-8-12(23)6-11-3-2-10-7-13(4-5-14(10)17(11)15)28-21-20(26)19(25)18(24)16(9-22)29-21/h4-8,16,18-26H,2-3,9H2,1H3/t16-,18-,19+,20-,21-/m1/s1. The summed E-state index contributed by atoms with van der Waals surface area (Å²) in [6.45, 7) is -0.515. The molecule has 0 aromatic heterocycles. The molecule has 1 aliphatic carbocycles. The van der Waals surface area contributed by atoms with Gasteiger partial charge in [0.1, 0.15) is 41.7 Å². The third kappa shape index (κ3) is 3.54. The number of benzene rings is 2. The number of aromatic hydroxyl groups is 1. The predicted molar refractivity (Wildman–Crippen MR) is 102 cm³/mol. The molecule has 4 rings (SSSR count). The summed E-state index contributed by atoms with van der Waals surface area (Å²) in [7, 11) is 1.56. The monoisotopic (exact) mass is 404 g/mol. The van der Waals surface area contributed by atoms with E-state index in [-0.39, 0.29) is 5.75 Å². The summed E-state index contributed by atoms with van der Waals surface area (Å²) in [5.74, 6) is 1.17. The molecule has 0 unspecified atom stereocenters. The van der Waals surface area contributed by atoms with E-state index < -0.39 is 37.3 Å². The van der Waals surface area contributed by atoms with Gasteiger partial charge in [0.25, 0.3) is 0 Å². The molecule has 0 spiro atoms. The molecule has 2 aromatic carbocycles. The molecule has 0 amide bonds. The predicted octanol–water partition coefficient (Wildman–Crippen LogP) is 0.345. The van der Waals surface area contributed by atoms with E-state index in [1.54, 1.807) is 25.3 Å². The highest BCUT2D eigenvalue weighted by atomic mass is 16.7. The van der Waals surface area contributed by atoms with E-state index in [2.05, 4.69) is 0 Å². The lowest BCUT2D eigenvalue weighted by Gasteiger charge is -2.39. The number of fused-ring (bicyclic) bond motifs is 3. The number of hydrogen-bond acceptors (Lipinski definition) is 8. The number of phenolic OH excluding ortho intramolecular Hbond substituents is 1. The fraction of sp³-hybridized carbons (Fsp3) is 0.429. The average Bonchev–Trinajstić information content (AvgIpc) is 2.73. The highest BCUT2D eigenvalue weighted by Crippen LogP contribution is 2.43. The first-order chi connectivity index (χ1) is 13.9. The molecular weight excluding hydrogens is 380 g/mol. The minimum Gasteiger partial charge on any atom is -0.508 e. The molecule has 1 heterocycles. The van der Waals surface area contributed by atoms with Gasteiger partial charge >= 0.3 is 0 Å². The van der Waals surface area contributed by atoms with E-state index in [0.29, 0.717) is 11.5 Å². The minimum atomic E-state index is -1.49. The third-order valence-electron chi connectivity index (χ3n) is 5.50. The van der Waals surface area contributed by atoms with Crippen LogP contribution in [0.4, 0.5) is 0 Å². The number of phenols is 1. The summed E-state index contributed by atoms with van der Waals surface area (Å²) < 4.78 is 16.6. The quantitative estimate of drug-likeness (QED) is 0.494. The zero-order valence-corrected chi connectivity index (χ0v) is 15.9. The van der Waals surface area contributed by atoms with E-state index in [4.69, 9.17) is 14.2 Å². The lowest BCUT2D eigenvalue weighted by molar-refractivity contribution is -0.277. The summed E-state index contributed by atoms with van der Waals surface area (Å²) in [6.07, 6.45) is -5.21. The molecule has 8 heteroatoms. The highest BCUT2D eigenvalue weighted by molar-refractivity contribution is 5.80. The third-order valence-corrected chi connectivity index (χ3v) is 5.50. The Labute approximate surface area is 167 Å². The molecule has 5 N–H and O–H groups in total. The fourth-order valence-electron chi connectivity index (χ4n) is 3.98. The lowest BCUT2D eigenvalue weighted by Crippen LogP contribution is -2.60. The highest BCUT2D eigenvalue weighted by Gasteiger charge is 2.44. The Morgan fingerprint density at radius 2 is 1.76 bits per heavy atom. The minimum absolute atomic E-state index is 0.159. The zero-order chi connectivity index (χ0) is 20.7. The largest absolute Gasteiger partial charge is 0.508 e. The van der Waals surface area contributed by atoms with Crippen LogP contribution in [0.3, 0.4) is 0 Å². The van der Waals surface area contributed by atoms with Crippen molar-refractivity contribution in [1.82, 2.24) is 0 Å². The van der Waals surface area contributed by atoms with Crippen molar-refractivity contribution in [1.29, 1.82) is 0 Å². The second-order valence-corrected chi connectivity index (χ2v) is 7.32. The van der Waals surface area contributed by atoms with Gasteiger partial charge in [0.05, 0.1) is 13.7 Å². The smallest absolute Gasteiger partial charge is 0.229 e. The van der Waals surface area contributed by atoms with Gasteiger partial charge < -0.3 is 39.7 Å². The number of ether oxygens (including phenoxy) is 3. The van der Waals surface area contributed by atoms with Crippen LogP contribution in [0.1, 0.15) is 11.1 Å². The second-order valence-electron chi connectivity index (χ2n) is 7.32. The Morgan fingerprint density at radius 1 is 1.00 bits per heavy atom. The topological polar surface area (TPSA) is 129 Å². The van der Waals surface area contributed by atoms with Crippen molar-refractivity contribution in [2.75, 3.05) is 13.7 Å². The number of aliphatic hydroxyl groups excluding tert-OH is 4.